The molecule has 1 aromatic heterocycles. The number of aryl methyl sites for hydroxylation is 1. The molecule has 2 aromatic rings. The van der Waals surface area contributed by atoms with Crippen molar-refractivity contribution < 1.29 is 27.1 Å². The van der Waals surface area contributed by atoms with E-state index in [9.17, 15) is 18.0 Å². The molecule has 0 spiro atoms. The number of nitrogens with zero attached hydrogens (tertiary/aromatic N) is 2. The van der Waals surface area contributed by atoms with Crippen LogP contribution in [-0.4, -0.2) is 35.3 Å². The Balaban J connectivity index is 1.84. The first-order valence-electron chi connectivity index (χ1n) is 7.56. The summed E-state index contributed by atoms with van der Waals surface area (Å²) in [5.41, 5.74) is 5.05. The number of rotatable bonds is 4. The van der Waals surface area contributed by atoms with Gasteiger partial charge in [-0.15, -0.1) is 5.10 Å². The van der Waals surface area contributed by atoms with E-state index >= 15 is 0 Å². The van der Waals surface area contributed by atoms with Crippen molar-refractivity contribution >= 4 is 0 Å². The van der Waals surface area contributed by atoms with Gasteiger partial charge in [-0.3, -0.25) is 0 Å². The summed E-state index contributed by atoms with van der Waals surface area (Å²) < 4.78 is 55.8. The van der Waals surface area contributed by atoms with E-state index in [4.69, 9.17) is 15.2 Å². The summed E-state index contributed by atoms with van der Waals surface area (Å²) in [4.78, 5) is 11.5. The fraction of sp³-hybridized carbons (Fsp3) is 0.467. The zero-order chi connectivity index (χ0) is 18.0. The van der Waals surface area contributed by atoms with Crippen molar-refractivity contribution in [1.29, 1.82) is 0 Å². The molecule has 2 heterocycles. The van der Waals surface area contributed by atoms with Crippen molar-refractivity contribution in [3.05, 3.63) is 46.3 Å². The summed E-state index contributed by atoms with van der Waals surface area (Å²) in [7, 11) is 0. The van der Waals surface area contributed by atoms with Crippen LogP contribution in [0.25, 0.3) is 5.69 Å². The van der Waals surface area contributed by atoms with Crippen LogP contribution in [0.3, 0.4) is 0 Å². The molecular formula is C15H16F3N3O4. The molecule has 7 nitrogen and oxygen atoms in total. The van der Waals surface area contributed by atoms with Crippen molar-refractivity contribution in [3.63, 3.8) is 0 Å². The third-order valence-corrected chi connectivity index (χ3v) is 3.77. The van der Waals surface area contributed by atoms with E-state index in [0.29, 0.717) is 13.2 Å². The highest BCUT2D eigenvalue weighted by Crippen LogP contribution is 2.33. The lowest BCUT2D eigenvalue weighted by molar-refractivity contribution is -0.187. The number of aromatic nitrogens is 2. The highest BCUT2D eigenvalue weighted by atomic mass is 19.4. The third kappa shape index (κ3) is 4.09. The minimum atomic E-state index is -4.51. The van der Waals surface area contributed by atoms with E-state index in [-0.39, 0.29) is 30.1 Å². The van der Waals surface area contributed by atoms with Crippen molar-refractivity contribution in [2.24, 2.45) is 5.73 Å². The lowest BCUT2D eigenvalue weighted by Gasteiger charge is -2.27. The molecule has 25 heavy (non-hydrogen) atoms. The van der Waals surface area contributed by atoms with Gasteiger partial charge in [-0.1, -0.05) is 0 Å². The summed E-state index contributed by atoms with van der Waals surface area (Å²) in [6, 6.07) is 3.12. The normalized spacial score (nSPS) is 21.4. The van der Waals surface area contributed by atoms with Crippen LogP contribution in [0.2, 0.25) is 0 Å². The number of benzene rings is 1. The number of nitrogens with two attached hydrogens (primary N) is 1. The van der Waals surface area contributed by atoms with Crippen LogP contribution < -0.4 is 11.5 Å². The lowest BCUT2D eigenvalue weighted by atomic mass is 10.0. The largest absolute Gasteiger partial charge is 0.441 e. The first kappa shape index (κ1) is 17.6. The van der Waals surface area contributed by atoms with Gasteiger partial charge in [0.15, 0.2) is 6.29 Å². The maximum atomic E-state index is 13.2. The van der Waals surface area contributed by atoms with E-state index in [2.05, 4.69) is 9.52 Å². The Kier molecular flexibility index (Phi) is 4.93. The van der Waals surface area contributed by atoms with Crippen molar-refractivity contribution in [1.82, 2.24) is 9.78 Å². The van der Waals surface area contributed by atoms with E-state index in [1.54, 1.807) is 0 Å². The number of alkyl halides is 3. The molecule has 0 aliphatic carbocycles. The standard InChI is InChI=1S/C15H16F3N3O4/c16-15(17,18)12-3-2-11(21-14(22)25-8-20-21)5-9(12)1-4-13-23-6-10(19)7-24-13/h2-3,5,8,10,13H,1,4,6-7,19H2. The van der Waals surface area contributed by atoms with Gasteiger partial charge in [-0.25, -0.2) is 4.79 Å². The molecule has 1 saturated heterocycles. The quantitative estimate of drug-likeness (QED) is 0.889. The molecule has 0 saturated carbocycles. The predicted octanol–water partition coefficient (Wildman–Crippen LogP) is 1.48. The summed E-state index contributed by atoms with van der Waals surface area (Å²) >= 11 is 0. The zero-order valence-electron chi connectivity index (χ0n) is 13.0. The topological polar surface area (TPSA) is 92.5 Å². The average Bonchev–Trinajstić information content (AvgIpc) is 2.99. The van der Waals surface area contributed by atoms with Crippen molar-refractivity contribution in [2.75, 3.05) is 13.2 Å². The Hall–Kier alpha value is -2.17. The monoisotopic (exact) mass is 359 g/mol. The molecule has 2 N–H and O–H groups in total. The van der Waals surface area contributed by atoms with Crippen LogP contribution in [0.5, 0.6) is 0 Å². The van der Waals surface area contributed by atoms with Crippen LogP contribution in [0.4, 0.5) is 13.2 Å². The number of hydrogen-bond acceptors (Lipinski definition) is 6. The van der Waals surface area contributed by atoms with Gasteiger partial charge in [-0.2, -0.15) is 17.9 Å². The second kappa shape index (κ2) is 6.98. The summed E-state index contributed by atoms with van der Waals surface area (Å²) in [5.74, 6) is -0.779. The van der Waals surface area contributed by atoms with Crippen LogP contribution >= 0.6 is 0 Å². The molecule has 0 amide bonds. The van der Waals surface area contributed by atoms with Gasteiger partial charge in [0.2, 0.25) is 6.39 Å². The Bertz CT molecular complexity index is 779. The molecule has 1 aliphatic rings. The van der Waals surface area contributed by atoms with Gasteiger partial charge in [0.1, 0.15) is 0 Å². The molecule has 0 radical (unpaired) electrons. The summed E-state index contributed by atoms with van der Waals surface area (Å²) in [6.45, 7) is 0.594. The fourth-order valence-electron chi connectivity index (χ4n) is 2.58. The smallest absolute Gasteiger partial charge is 0.395 e. The van der Waals surface area contributed by atoms with E-state index in [0.717, 1.165) is 17.1 Å². The second-order valence-electron chi connectivity index (χ2n) is 5.65. The Morgan fingerprint density at radius 1 is 1.28 bits per heavy atom. The molecule has 1 aromatic carbocycles. The number of halogens is 3. The maximum Gasteiger partial charge on any atom is 0.441 e. The molecule has 136 valence electrons. The molecule has 1 fully saturated rings. The number of hydrogen-bond donors (Lipinski definition) is 1. The predicted molar refractivity (Wildman–Crippen MR) is 79.1 cm³/mol. The van der Waals surface area contributed by atoms with E-state index in [1.165, 1.54) is 12.1 Å². The van der Waals surface area contributed by atoms with Gasteiger partial charge in [0, 0.05) is 6.42 Å². The van der Waals surface area contributed by atoms with E-state index in [1.807, 2.05) is 0 Å². The number of ether oxygens (including phenoxy) is 2. The minimum absolute atomic E-state index is 0.0157. The van der Waals surface area contributed by atoms with Crippen molar-refractivity contribution in [3.8, 4) is 5.69 Å². The van der Waals surface area contributed by atoms with Crippen LogP contribution in [0.15, 0.2) is 33.8 Å². The first-order valence-corrected chi connectivity index (χ1v) is 7.56. The Morgan fingerprint density at radius 2 is 2.00 bits per heavy atom. The summed E-state index contributed by atoms with van der Waals surface area (Å²) in [5, 5.41) is 3.67. The SMILES string of the molecule is NC1COC(CCc2cc(-n3ncoc3=O)ccc2C(F)(F)F)OC1. The molecule has 0 atom stereocenters. The summed E-state index contributed by atoms with van der Waals surface area (Å²) in [6.07, 6.45) is -3.92. The second-order valence-corrected chi connectivity index (χ2v) is 5.65. The third-order valence-electron chi connectivity index (χ3n) is 3.77. The van der Waals surface area contributed by atoms with Gasteiger partial charge in [0.25, 0.3) is 0 Å². The zero-order valence-corrected chi connectivity index (χ0v) is 13.0. The molecule has 10 heteroatoms. The van der Waals surface area contributed by atoms with Gasteiger partial charge >= 0.3 is 11.9 Å². The highest BCUT2D eigenvalue weighted by Gasteiger charge is 2.33. The van der Waals surface area contributed by atoms with Crippen LogP contribution in [0.1, 0.15) is 17.5 Å². The van der Waals surface area contributed by atoms with Crippen LogP contribution in [0, 0.1) is 0 Å². The Morgan fingerprint density at radius 3 is 2.60 bits per heavy atom. The first-order chi connectivity index (χ1) is 11.8. The van der Waals surface area contributed by atoms with Gasteiger partial charge in [-0.05, 0) is 30.2 Å². The maximum absolute atomic E-state index is 13.2. The highest BCUT2D eigenvalue weighted by molar-refractivity contribution is 5.41. The molecule has 0 bridgehead atoms. The fourth-order valence-corrected chi connectivity index (χ4v) is 2.58. The molecule has 1 aliphatic heterocycles. The Labute approximate surface area is 140 Å². The van der Waals surface area contributed by atoms with Crippen molar-refractivity contribution in [2.45, 2.75) is 31.3 Å². The molecule has 3 rings (SSSR count). The van der Waals surface area contributed by atoms with Gasteiger partial charge in [0.05, 0.1) is 30.5 Å². The molecule has 0 unspecified atom stereocenters. The molecular weight excluding hydrogens is 343 g/mol. The minimum Gasteiger partial charge on any atom is -0.395 e. The van der Waals surface area contributed by atoms with E-state index < -0.39 is 23.8 Å². The van der Waals surface area contributed by atoms with Gasteiger partial charge < -0.3 is 19.6 Å². The van der Waals surface area contributed by atoms with Crippen LogP contribution in [-0.2, 0) is 22.1 Å². The lowest BCUT2D eigenvalue weighted by Crippen LogP contribution is -2.41. The average molecular weight is 359 g/mol.